The summed E-state index contributed by atoms with van der Waals surface area (Å²) in [6.45, 7) is 4.49. The summed E-state index contributed by atoms with van der Waals surface area (Å²) in [5, 5.41) is 2.15. The Bertz CT molecular complexity index is 543. The second-order valence-corrected chi connectivity index (χ2v) is 6.36. The molecule has 102 valence electrons. The van der Waals surface area contributed by atoms with Crippen molar-refractivity contribution in [1.29, 1.82) is 0 Å². The van der Waals surface area contributed by atoms with Crippen molar-refractivity contribution < 1.29 is 0 Å². The molecule has 2 aromatic heterocycles. The molecule has 3 nitrogen and oxygen atoms in total. The maximum Gasteiger partial charge on any atom is 0.150 e. The molecule has 0 amide bonds. The van der Waals surface area contributed by atoms with E-state index in [9.17, 15) is 0 Å². The van der Waals surface area contributed by atoms with Crippen LogP contribution in [0.4, 0.5) is 0 Å². The van der Waals surface area contributed by atoms with E-state index in [1.54, 1.807) is 11.3 Å². The van der Waals surface area contributed by atoms with E-state index in [4.69, 9.17) is 0 Å². The summed E-state index contributed by atoms with van der Waals surface area (Å²) in [5.41, 5.74) is 1.33. The summed E-state index contributed by atoms with van der Waals surface area (Å²) in [6.07, 6.45) is 7.96. The molecule has 1 saturated heterocycles. The molecule has 0 aromatic carbocycles. The van der Waals surface area contributed by atoms with E-state index >= 15 is 0 Å². The Labute approximate surface area is 118 Å². The summed E-state index contributed by atoms with van der Waals surface area (Å²) in [7, 11) is 2.25. The van der Waals surface area contributed by atoms with Crippen molar-refractivity contribution in [2.75, 3.05) is 13.6 Å². The molecule has 2 aromatic rings. The second kappa shape index (κ2) is 5.47. The first-order chi connectivity index (χ1) is 9.25. The van der Waals surface area contributed by atoms with E-state index in [1.807, 2.05) is 6.20 Å². The molecule has 0 unspecified atom stereocenters. The first kappa shape index (κ1) is 12.9. The molecular weight excluding hydrogens is 254 g/mol. The van der Waals surface area contributed by atoms with Crippen molar-refractivity contribution in [1.82, 2.24) is 14.5 Å². The molecular formula is C15H21N3S. The van der Waals surface area contributed by atoms with Crippen LogP contribution in [0, 0.1) is 6.92 Å². The summed E-state index contributed by atoms with van der Waals surface area (Å²) < 4.78 is 2.31. The number of nitrogens with zero attached hydrogens (tertiary/aromatic N) is 3. The fraction of sp³-hybridized carbons (Fsp3) is 0.533. The zero-order valence-corrected chi connectivity index (χ0v) is 12.5. The number of aryl methyl sites for hydroxylation is 2. The monoisotopic (exact) mass is 275 g/mol. The summed E-state index contributed by atoms with van der Waals surface area (Å²) in [4.78, 5) is 8.35. The Morgan fingerprint density at radius 3 is 3.05 bits per heavy atom. The van der Waals surface area contributed by atoms with Gasteiger partial charge in [-0.2, -0.15) is 0 Å². The average Bonchev–Trinajstić information content (AvgIpc) is 3.08. The number of imidazole rings is 1. The van der Waals surface area contributed by atoms with Crippen molar-refractivity contribution in [3.8, 4) is 10.7 Å². The predicted molar refractivity (Wildman–Crippen MR) is 80.5 cm³/mol. The Balaban J connectivity index is 1.72. The number of aromatic nitrogens is 2. The second-order valence-electron chi connectivity index (χ2n) is 5.44. The van der Waals surface area contributed by atoms with Crippen molar-refractivity contribution in [3.63, 3.8) is 0 Å². The van der Waals surface area contributed by atoms with Gasteiger partial charge in [0.05, 0.1) is 4.88 Å². The van der Waals surface area contributed by atoms with Crippen molar-refractivity contribution >= 4 is 11.3 Å². The maximum absolute atomic E-state index is 4.54. The molecule has 19 heavy (non-hydrogen) atoms. The highest BCUT2D eigenvalue weighted by atomic mass is 32.1. The van der Waals surface area contributed by atoms with Crippen molar-refractivity contribution in [3.05, 3.63) is 29.4 Å². The van der Waals surface area contributed by atoms with Gasteiger partial charge in [-0.1, -0.05) is 0 Å². The van der Waals surface area contributed by atoms with Crippen LogP contribution in [0.15, 0.2) is 23.8 Å². The summed E-state index contributed by atoms with van der Waals surface area (Å²) in [6, 6.07) is 2.92. The number of thiophene rings is 1. The average molecular weight is 275 g/mol. The quantitative estimate of drug-likeness (QED) is 0.852. The fourth-order valence-corrected chi connectivity index (χ4v) is 3.87. The Morgan fingerprint density at radius 1 is 1.47 bits per heavy atom. The van der Waals surface area contributed by atoms with Crippen LogP contribution in [-0.4, -0.2) is 34.1 Å². The van der Waals surface area contributed by atoms with Gasteiger partial charge in [0.25, 0.3) is 0 Å². The van der Waals surface area contributed by atoms with Crippen molar-refractivity contribution in [2.24, 2.45) is 0 Å². The number of rotatable bonds is 4. The van der Waals surface area contributed by atoms with Crippen LogP contribution in [0.25, 0.3) is 10.7 Å². The molecule has 1 atom stereocenters. The third-order valence-electron chi connectivity index (χ3n) is 4.16. The molecule has 0 aliphatic carbocycles. The van der Waals surface area contributed by atoms with Crippen LogP contribution in [0.1, 0.15) is 24.8 Å². The van der Waals surface area contributed by atoms with Gasteiger partial charge in [-0.25, -0.2) is 4.98 Å². The summed E-state index contributed by atoms with van der Waals surface area (Å²) in [5.74, 6) is 1.13. The lowest BCUT2D eigenvalue weighted by Crippen LogP contribution is -2.26. The Kier molecular flexibility index (Phi) is 3.71. The molecule has 0 N–H and O–H groups in total. The highest BCUT2D eigenvalue weighted by Gasteiger charge is 2.21. The van der Waals surface area contributed by atoms with Gasteiger partial charge in [-0.05, 0) is 56.8 Å². The van der Waals surface area contributed by atoms with Gasteiger partial charge in [-0.15, -0.1) is 11.3 Å². The zero-order chi connectivity index (χ0) is 13.2. The van der Waals surface area contributed by atoms with E-state index < -0.39 is 0 Å². The van der Waals surface area contributed by atoms with Gasteiger partial charge in [0, 0.05) is 25.0 Å². The van der Waals surface area contributed by atoms with Gasteiger partial charge < -0.3 is 9.47 Å². The largest absolute Gasteiger partial charge is 0.330 e. The smallest absolute Gasteiger partial charge is 0.150 e. The van der Waals surface area contributed by atoms with E-state index in [0.29, 0.717) is 0 Å². The predicted octanol–water partition coefficient (Wildman–Crippen LogP) is 3.40. The van der Waals surface area contributed by atoms with E-state index in [1.165, 1.54) is 36.2 Å². The minimum absolute atomic E-state index is 0.750. The van der Waals surface area contributed by atoms with Gasteiger partial charge in [0.1, 0.15) is 5.82 Å². The van der Waals surface area contributed by atoms with E-state index in [0.717, 1.165) is 18.4 Å². The lowest BCUT2D eigenvalue weighted by Gasteiger charge is -2.19. The van der Waals surface area contributed by atoms with Gasteiger partial charge in [0.2, 0.25) is 0 Å². The lowest BCUT2D eigenvalue weighted by atomic mass is 10.1. The molecule has 4 heteroatoms. The topological polar surface area (TPSA) is 21.1 Å². The molecule has 0 radical (unpaired) electrons. The number of likely N-dealkylation sites (tertiary alicyclic amines) is 1. The Morgan fingerprint density at radius 2 is 2.37 bits per heavy atom. The van der Waals surface area contributed by atoms with Crippen LogP contribution in [0.5, 0.6) is 0 Å². The zero-order valence-electron chi connectivity index (χ0n) is 11.7. The van der Waals surface area contributed by atoms with Gasteiger partial charge >= 0.3 is 0 Å². The first-order valence-electron chi connectivity index (χ1n) is 7.01. The third-order valence-corrected chi connectivity index (χ3v) is 5.17. The van der Waals surface area contributed by atoms with Gasteiger partial charge in [-0.3, -0.25) is 0 Å². The minimum Gasteiger partial charge on any atom is -0.330 e. The lowest BCUT2D eigenvalue weighted by molar-refractivity contribution is 0.286. The van der Waals surface area contributed by atoms with E-state index in [-0.39, 0.29) is 0 Å². The SMILES string of the molecule is Cc1ccsc1-c1nccn1CC[C@@H]1CCCN1C. The molecule has 0 saturated carbocycles. The van der Waals surface area contributed by atoms with Crippen LogP contribution in [0.3, 0.4) is 0 Å². The minimum atomic E-state index is 0.750. The molecule has 1 fully saturated rings. The highest BCUT2D eigenvalue weighted by Crippen LogP contribution is 2.28. The fourth-order valence-electron chi connectivity index (χ4n) is 2.93. The Hall–Kier alpha value is -1.13. The standard InChI is InChI=1S/C15H21N3S/c1-12-6-11-19-14(12)15-16-7-10-18(15)9-5-13-4-3-8-17(13)2/h6-7,10-11,13H,3-5,8-9H2,1-2H3/t13-/m0/s1. The molecule has 0 bridgehead atoms. The van der Waals surface area contributed by atoms with Crippen LogP contribution in [-0.2, 0) is 6.54 Å². The van der Waals surface area contributed by atoms with Crippen LogP contribution < -0.4 is 0 Å². The first-order valence-corrected chi connectivity index (χ1v) is 7.89. The summed E-state index contributed by atoms with van der Waals surface area (Å²) >= 11 is 1.79. The van der Waals surface area contributed by atoms with Crippen LogP contribution in [0.2, 0.25) is 0 Å². The molecule has 0 spiro atoms. The number of hydrogen-bond acceptors (Lipinski definition) is 3. The van der Waals surface area contributed by atoms with Gasteiger partial charge in [0.15, 0.2) is 0 Å². The number of hydrogen-bond donors (Lipinski definition) is 0. The molecule has 1 aliphatic rings. The highest BCUT2D eigenvalue weighted by molar-refractivity contribution is 7.13. The molecule has 1 aliphatic heterocycles. The van der Waals surface area contributed by atoms with Crippen molar-refractivity contribution in [2.45, 2.75) is 38.8 Å². The van der Waals surface area contributed by atoms with Crippen LogP contribution >= 0.6 is 11.3 Å². The normalized spacial score (nSPS) is 20.2. The molecule has 3 rings (SSSR count). The third kappa shape index (κ3) is 2.60. The van der Waals surface area contributed by atoms with E-state index in [2.05, 4.69) is 46.1 Å². The maximum atomic E-state index is 4.54. The molecule has 3 heterocycles.